The van der Waals surface area contributed by atoms with Crippen LogP contribution in [0.5, 0.6) is 0 Å². The molecule has 1 N–H and O–H groups in total. The van der Waals surface area contributed by atoms with Gasteiger partial charge in [0.25, 0.3) is 5.91 Å². The van der Waals surface area contributed by atoms with Crippen molar-refractivity contribution in [3.05, 3.63) is 29.9 Å². The van der Waals surface area contributed by atoms with Crippen molar-refractivity contribution in [2.24, 2.45) is 5.92 Å². The van der Waals surface area contributed by atoms with Gasteiger partial charge in [0.15, 0.2) is 5.69 Å². The van der Waals surface area contributed by atoms with Crippen molar-refractivity contribution in [3.63, 3.8) is 0 Å². The summed E-state index contributed by atoms with van der Waals surface area (Å²) >= 11 is 0. The lowest BCUT2D eigenvalue weighted by Crippen LogP contribution is -2.11. The summed E-state index contributed by atoms with van der Waals surface area (Å²) in [5.74, 6) is 1.09. The maximum absolute atomic E-state index is 11.8. The molecule has 94 valence electrons. The van der Waals surface area contributed by atoms with E-state index in [4.69, 9.17) is 4.52 Å². The zero-order valence-corrected chi connectivity index (χ0v) is 10.1. The van der Waals surface area contributed by atoms with E-state index in [1.807, 2.05) is 10.9 Å². The predicted molar refractivity (Wildman–Crippen MR) is 64.1 cm³/mol. The predicted octanol–water partition coefficient (Wildman–Crippen LogP) is 1.84. The van der Waals surface area contributed by atoms with Crippen molar-refractivity contribution in [2.75, 3.05) is 5.32 Å². The van der Waals surface area contributed by atoms with Crippen LogP contribution < -0.4 is 5.32 Å². The quantitative estimate of drug-likeness (QED) is 0.893. The molecule has 0 radical (unpaired) electrons. The van der Waals surface area contributed by atoms with E-state index < -0.39 is 0 Å². The maximum Gasteiger partial charge on any atom is 0.277 e. The average molecular weight is 246 g/mol. The van der Waals surface area contributed by atoms with Crippen LogP contribution in [-0.4, -0.2) is 20.8 Å². The van der Waals surface area contributed by atoms with Crippen LogP contribution >= 0.6 is 0 Å². The molecule has 0 atom stereocenters. The lowest BCUT2D eigenvalue weighted by molar-refractivity contribution is 0.101. The Bertz CT molecular complexity index is 568. The minimum absolute atomic E-state index is 0.280. The Kier molecular flexibility index (Phi) is 2.62. The molecule has 1 aliphatic carbocycles. The Balaban J connectivity index is 1.64. The van der Waals surface area contributed by atoms with Crippen LogP contribution in [0.25, 0.3) is 0 Å². The summed E-state index contributed by atoms with van der Waals surface area (Å²) in [5, 5.41) is 10.6. The van der Waals surface area contributed by atoms with E-state index in [0.29, 0.717) is 11.4 Å². The first-order chi connectivity index (χ1) is 8.70. The standard InChI is InChI=1S/C12H14N4O2/c1-8-4-11(15-18-8)12(17)14-10-5-13-16(7-10)6-9-2-3-9/h4-5,7,9H,2-3,6H2,1H3,(H,14,17). The van der Waals surface area contributed by atoms with Crippen molar-refractivity contribution < 1.29 is 9.32 Å². The fourth-order valence-electron chi connectivity index (χ4n) is 1.76. The summed E-state index contributed by atoms with van der Waals surface area (Å²) < 4.78 is 6.72. The van der Waals surface area contributed by atoms with Crippen LogP contribution in [0.3, 0.4) is 0 Å². The van der Waals surface area contributed by atoms with E-state index in [9.17, 15) is 4.79 Å². The number of anilines is 1. The van der Waals surface area contributed by atoms with E-state index in [1.54, 1.807) is 19.2 Å². The first-order valence-corrected chi connectivity index (χ1v) is 5.98. The molecule has 0 unspecified atom stereocenters. The number of hydrogen-bond donors (Lipinski definition) is 1. The number of carbonyl (C=O) groups is 1. The number of aryl methyl sites for hydroxylation is 1. The van der Waals surface area contributed by atoms with Gasteiger partial charge in [-0.15, -0.1) is 0 Å². The molecule has 0 aliphatic heterocycles. The SMILES string of the molecule is Cc1cc(C(=O)Nc2cnn(CC3CC3)c2)no1. The second-order valence-corrected chi connectivity index (χ2v) is 4.67. The first kappa shape index (κ1) is 11.0. The molecular formula is C12H14N4O2. The van der Waals surface area contributed by atoms with Gasteiger partial charge < -0.3 is 9.84 Å². The summed E-state index contributed by atoms with van der Waals surface area (Å²) in [4.78, 5) is 11.8. The van der Waals surface area contributed by atoms with Crippen LogP contribution in [-0.2, 0) is 6.54 Å². The summed E-state index contributed by atoms with van der Waals surface area (Å²) in [6.07, 6.45) is 6.04. The van der Waals surface area contributed by atoms with Crippen LogP contribution in [0.2, 0.25) is 0 Å². The molecule has 1 amide bonds. The highest BCUT2D eigenvalue weighted by Gasteiger charge is 2.22. The van der Waals surface area contributed by atoms with Crippen LogP contribution in [0, 0.1) is 12.8 Å². The zero-order chi connectivity index (χ0) is 12.5. The summed E-state index contributed by atoms with van der Waals surface area (Å²) in [6, 6.07) is 1.60. The van der Waals surface area contributed by atoms with Crippen molar-refractivity contribution in [2.45, 2.75) is 26.3 Å². The molecule has 1 saturated carbocycles. The highest BCUT2D eigenvalue weighted by atomic mass is 16.5. The molecule has 1 fully saturated rings. The van der Waals surface area contributed by atoms with Crippen LogP contribution in [0.1, 0.15) is 29.1 Å². The third kappa shape index (κ3) is 2.42. The van der Waals surface area contributed by atoms with Crippen molar-refractivity contribution >= 4 is 11.6 Å². The second kappa shape index (κ2) is 4.29. The normalized spacial score (nSPS) is 14.7. The number of nitrogens with zero attached hydrogens (tertiary/aromatic N) is 3. The first-order valence-electron chi connectivity index (χ1n) is 5.98. The van der Waals surface area contributed by atoms with E-state index in [1.165, 1.54) is 12.8 Å². The molecule has 2 aromatic rings. The molecule has 18 heavy (non-hydrogen) atoms. The highest BCUT2D eigenvalue weighted by molar-refractivity contribution is 6.02. The third-order valence-corrected chi connectivity index (χ3v) is 2.89. The van der Waals surface area contributed by atoms with E-state index in [2.05, 4.69) is 15.6 Å². The van der Waals surface area contributed by atoms with E-state index in [0.717, 1.165) is 12.5 Å². The molecular weight excluding hydrogens is 232 g/mol. The fourth-order valence-corrected chi connectivity index (χ4v) is 1.76. The molecule has 2 heterocycles. The van der Waals surface area contributed by atoms with Crippen molar-refractivity contribution in [1.82, 2.24) is 14.9 Å². The largest absolute Gasteiger partial charge is 0.361 e. The van der Waals surface area contributed by atoms with E-state index >= 15 is 0 Å². The van der Waals surface area contributed by atoms with Gasteiger partial charge in [-0.3, -0.25) is 9.48 Å². The summed E-state index contributed by atoms with van der Waals surface area (Å²) in [6.45, 7) is 2.68. The molecule has 0 saturated heterocycles. The Hall–Kier alpha value is -2.11. The Morgan fingerprint density at radius 1 is 1.61 bits per heavy atom. The van der Waals surface area contributed by atoms with Gasteiger partial charge in [-0.2, -0.15) is 5.10 Å². The van der Waals surface area contributed by atoms with Gasteiger partial charge in [0.2, 0.25) is 0 Å². The van der Waals surface area contributed by atoms with Gasteiger partial charge in [0.05, 0.1) is 11.9 Å². The van der Waals surface area contributed by atoms with Gasteiger partial charge in [-0.25, -0.2) is 0 Å². The van der Waals surface area contributed by atoms with E-state index in [-0.39, 0.29) is 11.6 Å². The van der Waals surface area contributed by atoms with Crippen molar-refractivity contribution in [3.8, 4) is 0 Å². The number of nitrogens with one attached hydrogen (secondary N) is 1. The lowest BCUT2D eigenvalue weighted by atomic mass is 10.3. The maximum atomic E-state index is 11.8. The number of aromatic nitrogens is 3. The number of rotatable bonds is 4. The molecule has 0 spiro atoms. The molecule has 1 aliphatic rings. The minimum Gasteiger partial charge on any atom is -0.361 e. The van der Waals surface area contributed by atoms with Gasteiger partial charge in [0, 0.05) is 18.8 Å². The molecule has 0 aromatic carbocycles. The second-order valence-electron chi connectivity index (χ2n) is 4.67. The summed E-state index contributed by atoms with van der Waals surface area (Å²) in [5.41, 5.74) is 0.962. The monoisotopic (exact) mass is 246 g/mol. The smallest absolute Gasteiger partial charge is 0.277 e. The Morgan fingerprint density at radius 2 is 2.44 bits per heavy atom. The van der Waals surface area contributed by atoms with Crippen LogP contribution in [0.4, 0.5) is 5.69 Å². The Labute approximate surface area is 104 Å². The highest BCUT2D eigenvalue weighted by Crippen LogP contribution is 2.30. The average Bonchev–Trinajstić information content (AvgIpc) is 2.85. The van der Waals surface area contributed by atoms with Gasteiger partial charge in [-0.1, -0.05) is 5.16 Å². The summed E-state index contributed by atoms with van der Waals surface area (Å²) in [7, 11) is 0. The lowest BCUT2D eigenvalue weighted by Gasteiger charge is -1.98. The Morgan fingerprint density at radius 3 is 3.11 bits per heavy atom. The third-order valence-electron chi connectivity index (χ3n) is 2.89. The molecule has 6 nitrogen and oxygen atoms in total. The number of carbonyl (C=O) groups excluding carboxylic acids is 1. The van der Waals surface area contributed by atoms with Crippen molar-refractivity contribution in [1.29, 1.82) is 0 Å². The molecule has 6 heteroatoms. The zero-order valence-electron chi connectivity index (χ0n) is 10.1. The molecule has 0 bridgehead atoms. The van der Waals surface area contributed by atoms with Gasteiger partial charge in [0.1, 0.15) is 5.76 Å². The topological polar surface area (TPSA) is 73.0 Å². The molecule has 3 rings (SSSR count). The minimum atomic E-state index is -0.280. The number of hydrogen-bond acceptors (Lipinski definition) is 4. The number of amides is 1. The van der Waals surface area contributed by atoms with Crippen LogP contribution in [0.15, 0.2) is 23.0 Å². The van der Waals surface area contributed by atoms with Gasteiger partial charge in [-0.05, 0) is 25.7 Å². The fraction of sp³-hybridized carbons (Fsp3) is 0.417. The molecule has 2 aromatic heterocycles. The van der Waals surface area contributed by atoms with Gasteiger partial charge >= 0.3 is 0 Å².